The molecule has 1 amide bonds. The summed E-state index contributed by atoms with van der Waals surface area (Å²) >= 11 is 0. The number of aromatic nitrogens is 4. The number of aliphatic imine (C=N–C) groups is 1. The fourth-order valence-electron chi connectivity index (χ4n) is 3.01. The normalized spacial score (nSPS) is 10.4. The van der Waals surface area contributed by atoms with Crippen molar-refractivity contribution in [3.8, 4) is 29.5 Å². The Balaban J connectivity index is 1.73. The van der Waals surface area contributed by atoms with Gasteiger partial charge in [-0.15, -0.1) is 0 Å². The van der Waals surface area contributed by atoms with Crippen LogP contribution in [-0.4, -0.2) is 26.8 Å². The number of fused-ring (bicyclic) bond motifs is 1. The zero-order valence-corrected chi connectivity index (χ0v) is 17.3. The first-order valence-electron chi connectivity index (χ1n) is 9.51. The van der Waals surface area contributed by atoms with Gasteiger partial charge in [-0.2, -0.15) is 15.2 Å². The quantitative estimate of drug-likeness (QED) is 0.253. The molecule has 8 N–H and O–H groups in total. The summed E-state index contributed by atoms with van der Waals surface area (Å²) in [5, 5.41) is 9.17. The average Bonchev–Trinajstić information content (AvgIpc) is 3.14. The highest BCUT2D eigenvalue weighted by Gasteiger charge is 2.23. The number of hydrogen-bond acceptors (Lipinski definition) is 7. The second-order valence-electron chi connectivity index (χ2n) is 6.81. The minimum Gasteiger partial charge on any atom is -0.421 e. The summed E-state index contributed by atoms with van der Waals surface area (Å²) < 4.78 is 11.8. The molecule has 2 heterocycles. The number of nitriles is 1. The lowest BCUT2D eigenvalue weighted by atomic mass is 10.1. The van der Waals surface area contributed by atoms with Gasteiger partial charge in [-0.25, -0.2) is 4.99 Å². The van der Waals surface area contributed by atoms with Gasteiger partial charge in [0.15, 0.2) is 11.5 Å². The molecule has 0 saturated heterocycles. The number of nitrogens with two attached hydrogens (primary N) is 3. The highest BCUT2D eigenvalue weighted by atomic mass is 16.5. The van der Waals surface area contributed by atoms with Gasteiger partial charge in [-0.05, 0) is 37.3 Å². The third-order valence-electron chi connectivity index (χ3n) is 4.35. The van der Waals surface area contributed by atoms with Crippen LogP contribution in [0.1, 0.15) is 21.7 Å². The van der Waals surface area contributed by atoms with Crippen molar-refractivity contribution < 1.29 is 19.3 Å². The van der Waals surface area contributed by atoms with Crippen LogP contribution in [0.25, 0.3) is 11.2 Å². The molecule has 0 unspecified atom stereocenters. The van der Waals surface area contributed by atoms with E-state index in [-0.39, 0.29) is 34.7 Å². The number of primary amides is 1. The molecule has 0 fully saturated rings. The van der Waals surface area contributed by atoms with Crippen LogP contribution < -0.4 is 31.7 Å². The summed E-state index contributed by atoms with van der Waals surface area (Å²) in [6, 6.07) is 13.1. The molecular formula is C21H18N9O3+. The van der Waals surface area contributed by atoms with Crippen molar-refractivity contribution in [2.75, 3.05) is 0 Å². The van der Waals surface area contributed by atoms with E-state index in [0.29, 0.717) is 28.4 Å². The summed E-state index contributed by atoms with van der Waals surface area (Å²) in [7, 11) is 0. The van der Waals surface area contributed by atoms with E-state index >= 15 is 0 Å². The highest BCUT2D eigenvalue weighted by Crippen LogP contribution is 2.28. The van der Waals surface area contributed by atoms with Gasteiger partial charge < -0.3 is 31.7 Å². The number of rotatable bonds is 6. The Hall–Kier alpha value is -5.18. The molecule has 4 rings (SSSR count). The second kappa shape index (κ2) is 8.52. The summed E-state index contributed by atoms with van der Waals surface area (Å²) in [4.78, 5) is 30.4. The van der Waals surface area contributed by atoms with Crippen LogP contribution in [0, 0.1) is 18.3 Å². The van der Waals surface area contributed by atoms with Crippen molar-refractivity contribution in [1.82, 2.24) is 15.0 Å². The van der Waals surface area contributed by atoms with Gasteiger partial charge in [0.1, 0.15) is 17.3 Å². The monoisotopic (exact) mass is 444 g/mol. The van der Waals surface area contributed by atoms with Crippen LogP contribution in [0.2, 0.25) is 0 Å². The van der Waals surface area contributed by atoms with Gasteiger partial charge in [0, 0.05) is 11.1 Å². The van der Waals surface area contributed by atoms with E-state index < -0.39 is 5.91 Å². The van der Waals surface area contributed by atoms with E-state index in [9.17, 15) is 10.1 Å². The number of carbonyl (C=O) groups is 1. The molecule has 12 heteroatoms. The molecule has 0 saturated carbocycles. The number of H-pyrrole nitrogens is 2. The molecule has 4 aromatic rings. The fraction of sp³-hybridized carbons (Fsp3) is 0.0476. The predicted octanol–water partition coefficient (Wildman–Crippen LogP) is 1.54. The topological polar surface area (TPSA) is 205 Å². The highest BCUT2D eigenvalue weighted by molar-refractivity contribution is 5.95. The maximum absolute atomic E-state index is 11.7. The van der Waals surface area contributed by atoms with Gasteiger partial charge in [-0.3, -0.25) is 4.79 Å². The molecule has 12 nitrogen and oxygen atoms in total. The number of ether oxygens (including phenoxy) is 2. The zero-order valence-electron chi connectivity index (χ0n) is 17.3. The van der Waals surface area contributed by atoms with Gasteiger partial charge in [0.25, 0.3) is 0 Å². The minimum absolute atomic E-state index is 0.0362. The van der Waals surface area contributed by atoms with Crippen molar-refractivity contribution in [2.45, 2.75) is 6.92 Å². The van der Waals surface area contributed by atoms with Crippen molar-refractivity contribution in [1.29, 1.82) is 5.26 Å². The minimum atomic E-state index is -0.747. The summed E-state index contributed by atoms with van der Waals surface area (Å²) in [5.41, 5.74) is 17.7. The molecule has 0 bridgehead atoms. The van der Waals surface area contributed by atoms with Crippen LogP contribution in [0.4, 0.5) is 5.69 Å². The van der Waals surface area contributed by atoms with E-state index in [1.54, 1.807) is 31.2 Å². The number of amides is 1. The van der Waals surface area contributed by atoms with Crippen LogP contribution >= 0.6 is 0 Å². The Morgan fingerprint density at radius 2 is 1.91 bits per heavy atom. The molecule has 0 aliphatic rings. The average molecular weight is 444 g/mol. The third-order valence-corrected chi connectivity index (χ3v) is 4.35. The summed E-state index contributed by atoms with van der Waals surface area (Å²) in [5.74, 6) is 0.658. The van der Waals surface area contributed by atoms with E-state index in [0.717, 1.165) is 0 Å². The second-order valence-corrected chi connectivity index (χ2v) is 6.81. The maximum Gasteiger partial charge on any atom is 0.507 e. The molecule has 33 heavy (non-hydrogen) atoms. The number of nitrogens with zero attached hydrogens (tertiary/aromatic N) is 4. The largest absolute Gasteiger partial charge is 0.507 e. The lowest BCUT2D eigenvalue weighted by molar-refractivity contribution is -0.405. The Morgan fingerprint density at radius 1 is 1.12 bits per heavy atom. The van der Waals surface area contributed by atoms with Crippen molar-refractivity contribution in [3.05, 3.63) is 59.4 Å². The van der Waals surface area contributed by atoms with Crippen LogP contribution in [-0.2, 0) is 0 Å². The smallest absolute Gasteiger partial charge is 0.421 e. The molecule has 2 aromatic carbocycles. The maximum atomic E-state index is 11.7. The Bertz CT molecular complexity index is 1450. The fourth-order valence-corrected chi connectivity index (χ4v) is 3.01. The van der Waals surface area contributed by atoms with E-state index in [4.69, 9.17) is 26.7 Å². The van der Waals surface area contributed by atoms with E-state index in [1.165, 1.54) is 18.2 Å². The third kappa shape index (κ3) is 4.62. The van der Waals surface area contributed by atoms with Gasteiger partial charge in [-0.1, -0.05) is 6.07 Å². The number of aryl methyl sites for hydroxylation is 1. The number of guanidine groups is 1. The zero-order chi connectivity index (χ0) is 23.5. The number of nitrogens with one attached hydrogen (secondary N) is 2. The number of carbonyl (C=O) groups excluding carboxylic acids is 1. The van der Waals surface area contributed by atoms with Crippen molar-refractivity contribution in [3.63, 3.8) is 0 Å². The molecule has 0 radical (unpaired) electrons. The first-order valence-corrected chi connectivity index (χ1v) is 9.51. The molecule has 0 aliphatic heterocycles. The van der Waals surface area contributed by atoms with Gasteiger partial charge in [0.2, 0.25) is 5.91 Å². The summed E-state index contributed by atoms with van der Waals surface area (Å²) in [6.07, 6.45) is 0. The molecular weight excluding hydrogens is 426 g/mol. The molecule has 164 valence electrons. The van der Waals surface area contributed by atoms with E-state index in [2.05, 4.69) is 24.9 Å². The first-order chi connectivity index (χ1) is 15.8. The summed E-state index contributed by atoms with van der Waals surface area (Å²) in [6.45, 7) is 1.76. The molecule has 2 aromatic heterocycles. The SMILES string of the molecule is Cc1nc2nc(Oc3cccc(N=C(N)N)c3)[nH+]c(Oc3ccc(C#N)c(C(N)=O)c3)c2[nH]1. The number of benzene rings is 2. The van der Waals surface area contributed by atoms with Gasteiger partial charge in [0.05, 0.1) is 22.9 Å². The predicted molar refractivity (Wildman–Crippen MR) is 117 cm³/mol. The Morgan fingerprint density at radius 3 is 2.64 bits per heavy atom. The van der Waals surface area contributed by atoms with Crippen LogP contribution in [0.15, 0.2) is 47.5 Å². The van der Waals surface area contributed by atoms with Crippen LogP contribution in [0.5, 0.6) is 23.4 Å². The van der Waals surface area contributed by atoms with Crippen molar-refractivity contribution in [2.24, 2.45) is 22.2 Å². The number of imidazole rings is 1. The number of hydrogen-bond donors (Lipinski definition) is 4. The lowest BCUT2D eigenvalue weighted by Gasteiger charge is -2.06. The number of aromatic amines is 2. The van der Waals surface area contributed by atoms with E-state index in [1.807, 2.05) is 6.07 Å². The molecule has 0 aliphatic carbocycles. The first kappa shape index (κ1) is 21.1. The van der Waals surface area contributed by atoms with Gasteiger partial charge >= 0.3 is 17.5 Å². The van der Waals surface area contributed by atoms with Crippen LogP contribution in [0.3, 0.4) is 0 Å². The lowest BCUT2D eigenvalue weighted by Crippen LogP contribution is -2.21. The Kier molecular flexibility index (Phi) is 5.44. The van der Waals surface area contributed by atoms with Crippen molar-refractivity contribution >= 4 is 28.7 Å². The Labute approximate surface area is 186 Å². The molecule has 0 atom stereocenters. The standard InChI is InChI=1S/C21H17N9O3/c1-10-26-16-18(27-10)29-21(33-13-4-2-3-12(7-13)28-20(24)25)30-19(16)32-14-6-5-11(9-22)15(8-14)17(23)31/h2-8H,1H3,(H2,23,31)(H4,24,25,28)(H,26,27,29,30)/p+1. The molecule has 0 spiro atoms.